The van der Waals surface area contributed by atoms with Crippen molar-refractivity contribution in [2.24, 2.45) is 0 Å². The van der Waals surface area contributed by atoms with Crippen molar-refractivity contribution in [1.29, 1.82) is 0 Å². The molecule has 0 amide bonds. The Morgan fingerprint density at radius 1 is 0.333 bits per heavy atom. The molecule has 0 aromatic carbocycles. The van der Waals surface area contributed by atoms with Gasteiger partial charge in [0, 0.05) is 19.3 Å². The van der Waals surface area contributed by atoms with Gasteiger partial charge in [-0.25, -0.2) is 0 Å². The zero-order chi connectivity index (χ0) is 45.8. The molecule has 0 rings (SSSR count). The maximum Gasteiger partial charge on any atom is 0.306 e. The Morgan fingerprint density at radius 2 is 0.635 bits per heavy atom. The molecule has 360 valence electrons. The summed E-state index contributed by atoms with van der Waals surface area (Å²) in [5.74, 6) is -1.00. The standard InChI is InChI=1S/C57H96O6/c1-4-7-10-13-16-19-21-23-25-27-28-30-31-33-35-38-41-44-47-50-56(59)62-53-54(52-61-55(58)49-46-43-40-37-18-15-12-9-6-3)63-57(60)51-48-45-42-39-36-34-32-29-26-24-22-20-17-14-11-8-5-2/h7,10,16,19,23-26,32,34,37,39-40,42,54H,4-6,8-9,11-15,17-18,20-22,27-31,33,35-36,38,41,43-53H2,1-3H3/b10-7-,19-16-,25-23-,26-24-,34-32-,40-37-,42-39-. The number of rotatable bonds is 46. The number of allylic oxidation sites excluding steroid dienone is 14. The van der Waals surface area contributed by atoms with Crippen molar-refractivity contribution in [2.75, 3.05) is 13.2 Å². The lowest BCUT2D eigenvalue weighted by Crippen LogP contribution is -2.30. The molecule has 0 heterocycles. The second kappa shape index (κ2) is 51.2. The summed E-state index contributed by atoms with van der Waals surface area (Å²) in [5, 5.41) is 0. The summed E-state index contributed by atoms with van der Waals surface area (Å²) in [6.07, 6.45) is 65.9. The van der Waals surface area contributed by atoms with E-state index >= 15 is 0 Å². The van der Waals surface area contributed by atoms with E-state index in [0.29, 0.717) is 25.7 Å². The molecule has 0 aliphatic heterocycles. The van der Waals surface area contributed by atoms with Gasteiger partial charge in [-0.05, 0) is 103 Å². The summed E-state index contributed by atoms with van der Waals surface area (Å²) in [7, 11) is 0. The molecule has 0 aromatic rings. The molecule has 1 unspecified atom stereocenters. The number of carbonyl (C=O) groups excluding carboxylic acids is 3. The molecule has 6 heteroatoms. The molecule has 0 N–H and O–H groups in total. The first kappa shape index (κ1) is 59.6. The van der Waals surface area contributed by atoms with Gasteiger partial charge < -0.3 is 14.2 Å². The Bertz CT molecular complexity index is 1240. The van der Waals surface area contributed by atoms with Crippen LogP contribution in [0.25, 0.3) is 0 Å². The zero-order valence-electron chi connectivity index (χ0n) is 41.1. The van der Waals surface area contributed by atoms with Crippen LogP contribution < -0.4 is 0 Å². The van der Waals surface area contributed by atoms with E-state index in [1.807, 2.05) is 0 Å². The predicted octanol–water partition coefficient (Wildman–Crippen LogP) is 17.2. The summed E-state index contributed by atoms with van der Waals surface area (Å²) in [4.78, 5) is 37.9. The summed E-state index contributed by atoms with van der Waals surface area (Å²) >= 11 is 0. The summed E-state index contributed by atoms with van der Waals surface area (Å²) < 4.78 is 16.7. The van der Waals surface area contributed by atoms with Gasteiger partial charge in [0.1, 0.15) is 13.2 Å². The monoisotopic (exact) mass is 877 g/mol. The first-order valence-electron chi connectivity index (χ1n) is 26.1. The molecule has 6 nitrogen and oxygen atoms in total. The largest absolute Gasteiger partial charge is 0.462 e. The fourth-order valence-electron chi connectivity index (χ4n) is 6.95. The molecule has 0 aromatic heterocycles. The van der Waals surface area contributed by atoms with Crippen LogP contribution >= 0.6 is 0 Å². The van der Waals surface area contributed by atoms with Crippen LogP contribution in [0.15, 0.2) is 85.1 Å². The molecule has 0 aliphatic carbocycles. The van der Waals surface area contributed by atoms with E-state index in [9.17, 15) is 14.4 Å². The highest BCUT2D eigenvalue weighted by molar-refractivity contribution is 5.71. The van der Waals surface area contributed by atoms with E-state index in [1.54, 1.807) is 0 Å². The third-order valence-electron chi connectivity index (χ3n) is 10.9. The van der Waals surface area contributed by atoms with Crippen LogP contribution in [-0.4, -0.2) is 37.2 Å². The van der Waals surface area contributed by atoms with Crippen LogP contribution in [0.4, 0.5) is 0 Å². The highest BCUT2D eigenvalue weighted by atomic mass is 16.6. The van der Waals surface area contributed by atoms with Crippen LogP contribution in [0.3, 0.4) is 0 Å². The molecule has 0 fully saturated rings. The Kier molecular flexibility index (Phi) is 48.5. The van der Waals surface area contributed by atoms with Crippen molar-refractivity contribution in [3.8, 4) is 0 Å². The van der Waals surface area contributed by atoms with Crippen molar-refractivity contribution in [3.05, 3.63) is 85.1 Å². The Morgan fingerprint density at radius 3 is 1.06 bits per heavy atom. The minimum atomic E-state index is -0.815. The summed E-state index contributed by atoms with van der Waals surface area (Å²) in [6.45, 7) is 6.41. The lowest BCUT2D eigenvalue weighted by Gasteiger charge is -2.18. The minimum Gasteiger partial charge on any atom is -0.462 e. The number of hydrogen-bond acceptors (Lipinski definition) is 6. The molecule has 1 atom stereocenters. The van der Waals surface area contributed by atoms with Gasteiger partial charge in [-0.1, -0.05) is 202 Å². The summed E-state index contributed by atoms with van der Waals surface area (Å²) in [5.41, 5.74) is 0. The second-order valence-corrected chi connectivity index (χ2v) is 17.0. The second-order valence-electron chi connectivity index (χ2n) is 17.0. The predicted molar refractivity (Wildman–Crippen MR) is 270 cm³/mol. The molecular weight excluding hydrogens is 781 g/mol. The average molecular weight is 877 g/mol. The van der Waals surface area contributed by atoms with Crippen LogP contribution in [0.5, 0.6) is 0 Å². The van der Waals surface area contributed by atoms with E-state index in [0.717, 1.165) is 70.6 Å². The van der Waals surface area contributed by atoms with Gasteiger partial charge in [0.2, 0.25) is 0 Å². The van der Waals surface area contributed by atoms with Crippen LogP contribution in [0.1, 0.15) is 239 Å². The van der Waals surface area contributed by atoms with Crippen molar-refractivity contribution in [2.45, 2.75) is 245 Å². The molecule has 0 radical (unpaired) electrons. The maximum absolute atomic E-state index is 12.8. The fraction of sp³-hybridized carbons (Fsp3) is 0.702. The Balaban J connectivity index is 4.41. The SMILES string of the molecule is CC/C=C\C/C=C\C/C=C\CCCCCCCCCCCC(=O)OCC(COC(=O)CCC/C=C\CCCCCC)OC(=O)CCC/C=C\C/C=C\C/C=C\CCCCCCCC. The normalized spacial score (nSPS) is 12.7. The molecule has 0 saturated carbocycles. The van der Waals surface area contributed by atoms with Gasteiger partial charge in [0.05, 0.1) is 0 Å². The molecule has 0 saturated heterocycles. The number of unbranched alkanes of at least 4 members (excludes halogenated alkanes) is 21. The first-order valence-corrected chi connectivity index (χ1v) is 26.1. The number of ether oxygens (including phenoxy) is 3. The quantitative estimate of drug-likeness (QED) is 0.0262. The maximum atomic E-state index is 12.8. The highest BCUT2D eigenvalue weighted by Gasteiger charge is 2.19. The van der Waals surface area contributed by atoms with Gasteiger partial charge >= 0.3 is 17.9 Å². The van der Waals surface area contributed by atoms with E-state index in [4.69, 9.17) is 14.2 Å². The lowest BCUT2D eigenvalue weighted by molar-refractivity contribution is -0.167. The van der Waals surface area contributed by atoms with Crippen LogP contribution in [0, 0.1) is 0 Å². The minimum absolute atomic E-state index is 0.108. The van der Waals surface area contributed by atoms with Crippen molar-refractivity contribution in [3.63, 3.8) is 0 Å². The number of carbonyl (C=O) groups is 3. The van der Waals surface area contributed by atoms with Gasteiger partial charge in [0.25, 0.3) is 0 Å². The smallest absolute Gasteiger partial charge is 0.306 e. The van der Waals surface area contributed by atoms with E-state index in [2.05, 4.69) is 106 Å². The highest BCUT2D eigenvalue weighted by Crippen LogP contribution is 2.13. The van der Waals surface area contributed by atoms with Gasteiger partial charge in [-0.3, -0.25) is 14.4 Å². The summed E-state index contributed by atoms with van der Waals surface area (Å²) in [6, 6.07) is 0. The van der Waals surface area contributed by atoms with Gasteiger partial charge in [0.15, 0.2) is 6.10 Å². The van der Waals surface area contributed by atoms with Crippen molar-refractivity contribution in [1.82, 2.24) is 0 Å². The fourth-order valence-corrected chi connectivity index (χ4v) is 6.95. The van der Waals surface area contributed by atoms with Crippen LogP contribution in [-0.2, 0) is 28.6 Å². The molecule has 63 heavy (non-hydrogen) atoms. The Hall–Kier alpha value is -3.41. The first-order chi connectivity index (χ1) is 31.0. The third-order valence-corrected chi connectivity index (χ3v) is 10.9. The van der Waals surface area contributed by atoms with Crippen molar-refractivity contribution >= 4 is 17.9 Å². The average Bonchev–Trinajstić information content (AvgIpc) is 3.28. The number of hydrogen-bond donors (Lipinski definition) is 0. The third kappa shape index (κ3) is 49.5. The van der Waals surface area contributed by atoms with Gasteiger partial charge in [-0.15, -0.1) is 0 Å². The topological polar surface area (TPSA) is 78.9 Å². The van der Waals surface area contributed by atoms with Crippen LogP contribution in [0.2, 0.25) is 0 Å². The Labute approximate surface area is 388 Å². The zero-order valence-corrected chi connectivity index (χ0v) is 41.1. The lowest BCUT2D eigenvalue weighted by atomic mass is 10.1. The van der Waals surface area contributed by atoms with Crippen molar-refractivity contribution < 1.29 is 28.6 Å². The number of esters is 3. The van der Waals surface area contributed by atoms with Gasteiger partial charge in [-0.2, -0.15) is 0 Å². The molecule has 0 aliphatic rings. The molecular formula is C57H96O6. The van der Waals surface area contributed by atoms with E-state index in [-0.39, 0.29) is 37.5 Å². The van der Waals surface area contributed by atoms with E-state index in [1.165, 1.54) is 116 Å². The van der Waals surface area contributed by atoms with E-state index < -0.39 is 6.10 Å². The molecule has 0 spiro atoms. The molecule has 0 bridgehead atoms.